The topological polar surface area (TPSA) is 84.7 Å². The second-order valence-electron chi connectivity index (χ2n) is 10.9. The van der Waals surface area contributed by atoms with Crippen LogP contribution in [0.2, 0.25) is 0 Å². The summed E-state index contributed by atoms with van der Waals surface area (Å²) in [6.07, 6.45) is 6.18. The third-order valence-electron chi connectivity index (χ3n) is 7.04. The van der Waals surface area contributed by atoms with Crippen LogP contribution in [0, 0.1) is 5.82 Å². The number of rotatable bonds is 13. The molecular formula is C30H38ClFN4O4S. The molecule has 0 bridgehead atoms. The highest BCUT2D eigenvalue weighted by Gasteiger charge is 2.29. The van der Waals surface area contributed by atoms with Gasteiger partial charge in [0.1, 0.15) is 11.5 Å². The van der Waals surface area contributed by atoms with E-state index >= 15 is 0 Å². The smallest absolute Gasteiger partial charge is 0.316 e. The average Bonchev–Trinajstić information content (AvgIpc) is 2.93. The van der Waals surface area contributed by atoms with Crippen molar-refractivity contribution in [2.75, 3.05) is 37.7 Å². The number of sulfonamides is 1. The first kappa shape index (κ1) is 31.0. The summed E-state index contributed by atoms with van der Waals surface area (Å²) in [5.74, 6) is -0.405. The minimum atomic E-state index is -3.49. The average molecular weight is 605 g/mol. The number of halogens is 2. The molecule has 222 valence electrons. The lowest BCUT2D eigenvalue weighted by atomic mass is 10.0. The second kappa shape index (κ2) is 13.8. The lowest BCUT2D eigenvalue weighted by molar-refractivity contribution is 0.296. The number of nitrogens with zero attached hydrogens (tertiary/aromatic N) is 4. The molecule has 3 aromatic rings. The maximum absolute atomic E-state index is 13.9. The van der Waals surface area contributed by atoms with Crippen LogP contribution in [0.15, 0.2) is 65.6 Å². The largest absolute Gasteiger partial charge is 0.486 e. The number of piperazine rings is 1. The monoisotopic (exact) mass is 604 g/mol. The Kier molecular flexibility index (Phi) is 10.4. The van der Waals surface area contributed by atoms with Crippen LogP contribution < -0.4 is 15.2 Å². The lowest BCUT2D eigenvalue weighted by Crippen LogP contribution is -2.49. The standard InChI is InChI=1S/C30H38ClFN4O4S/c1-30(2,31)15-8-3-4-9-20-40-28-27(22-33-36(29(28)37)26-14-10-13-25(32)21-26)34-16-18-35(19-17-34)41(38,39)23-24-11-6-5-7-12-24/h5-7,10-14,21-22H,3-4,8-9,15-20,23H2,1-2H3. The molecule has 4 rings (SSSR count). The number of hydrogen-bond donors (Lipinski definition) is 0. The predicted octanol–water partition coefficient (Wildman–Crippen LogP) is 5.37. The van der Waals surface area contributed by atoms with Gasteiger partial charge in [-0.3, -0.25) is 4.79 Å². The number of ether oxygens (including phenoxy) is 1. The minimum Gasteiger partial charge on any atom is -0.486 e. The van der Waals surface area contributed by atoms with Gasteiger partial charge in [0.15, 0.2) is 0 Å². The molecule has 0 aliphatic carbocycles. The normalized spacial score (nSPS) is 14.8. The van der Waals surface area contributed by atoms with Crippen molar-refractivity contribution in [1.82, 2.24) is 14.1 Å². The zero-order valence-electron chi connectivity index (χ0n) is 23.6. The van der Waals surface area contributed by atoms with E-state index in [0.717, 1.165) is 42.3 Å². The molecule has 0 N–H and O–H groups in total. The summed E-state index contributed by atoms with van der Waals surface area (Å²) in [4.78, 5) is 15.3. The van der Waals surface area contributed by atoms with Crippen LogP contribution in [0.3, 0.4) is 0 Å². The molecule has 2 aromatic carbocycles. The van der Waals surface area contributed by atoms with Crippen molar-refractivity contribution >= 4 is 27.3 Å². The van der Waals surface area contributed by atoms with Gasteiger partial charge < -0.3 is 9.64 Å². The Labute approximate surface area is 246 Å². The number of unbranched alkanes of at least 4 members (excludes halogenated alkanes) is 3. The second-order valence-corrected chi connectivity index (χ2v) is 13.9. The molecule has 8 nitrogen and oxygen atoms in total. The van der Waals surface area contributed by atoms with Gasteiger partial charge in [0.05, 0.1) is 24.2 Å². The summed E-state index contributed by atoms with van der Waals surface area (Å²) in [7, 11) is -3.49. The zero-order valence-corrected chi connectivity index (χ0v) is 25.2. The van der Waals surface area contributed by atoms with Crippen molar-refractivity contribution in [2.24, 2.45) is 0 Å². The van der Waals surface area contributed by atoms with Gasteiger partial charge in [-0.05, 0) is 50.5 Å². The third kappa shape index (κ3) is 8.77. The highest BCUT2D eigenvalue weighted by atomic mass is 35.5. The minimum absolute atomic E-state index is 0.0597. The lowest BCUT2D eigenvalue weighted by Gasteiger charge is -2.35. The van der Waals surface area contributed by atoms with Crippen LogP contribution >= 0.6 is 11.6 Å². The number of benzene rings is 2. The SMILES string of the molecule is CC(C)(Cl)CCCCCCOc1c(N2CCN(S(=O)(=O)Cc3ccccc3)CC2)cnn(-c2cccc(F)c2)c1=O. The molecular weight excluding hydrogens is 567 g/mol. The van der Waals surface area contributed by atoms with E-state index in [9.17, 15) is 17.6 Å². The van der Waals surface area contributed by atoms with E-state index in [2.05, 4.69) is 5.10 Å². The Morgan fingerprint density at radius 2 is 1.68 bits per heavy atom. The maximum Gasteiger partial charge on any atom is 0.316 e. The van der Waals surface area contributed by atoms with E-state index in [4.69, 9.17) is 16.3 Å². The van der Waals surface area contributed by atoms with Crippen LogP contribution in [0.25, 0.3) is 5.69 Å². The van der Waals surface area contributed by atoms with E-state index in [1.165, 1.54) is 22.5 Å². The molecule has 41 heavy (non-hydrogen) atoms. The van der Waals surface area contributed by atoms with Crippen molar-refractivity contribution in [3.63, 3.8) is 0 Å². The van der Waals surface area contributed by atoms with E-state index in [-0.39, 0.29) is 29.5 Å². The highest BCUT2D eigenvalue weighted by molar-refractivity contribution is 7.88. The first-order valence-electron chi connectivity index (χ1n) is 14.0. The van der Waals surface area contributed by atoms with Crippen LogP contribution in [0.1, 0.15) is 51.5 Å². The molecule has 0 radical (unpaired) electrons. The molecule has 0 saturated carbocycles. The Balaban J connectivity index is 1.47. The van der Waals surface area contributed by atoms with Crippen LogP contribution in [-0.2, 0) is 15.8 Å². The Morgan fingerprint density at radius 1 is 0.976 bits per heavy atom. The quantitative estimate of drug-likeness (QED) is 0.193. The van der Waals surface area contributed by atoms with Gasteiger partial charge in [0.2, 0.25) is 15.8 Å². The summed E-state index contributed by atoms with van der Waals surface area (Å²) in [5, 5.41) is 4.31. The van der Waals surface area contributed by atoms with Crippen molar-refractivity contribution in [3.8, 4) is 11.4 Å². The molecule has 0 unspecified atom stereocenters. The van der Waals surface area contributed by atoms with E-state index in [0.29, 0.717) is 31.1 Å². The van der Waals surface area contributed by atoms with Gasteiger partial charge in [-0.15, -0.1) is 11.6 Å². The number of anilines is 1. The molecule has 1 saturated heterocycles. The van der Waals surface area contributed by atoms with Gasteiger partial charge in [0.25, 0.3) is 0 Å². The summed E-state index contributed by atoms with van der Waals surface area (Å²) >= 11 is 6.28. The first-order chi connectivity index (χ1) is 19.5. The molecule has 0 amide bonds. The molecule has 1 aliphatic heterocycles. The first-order valence-corrected chi connectivity index (χ1v) is 16.0. The summed E-state index contributed by atoms with van der Waals surface area (Å²) in [6.45, 7) is 5.66. The van der Waals surface area contributed by atoms with E-state index in [1.54, 1.807) is 24.4 Å². The summed E-state index contributed by atoms with van der Waals surface area (Å²) in [5.41, 5.74) is 1.05. The molecule has 1 aromatic heterocycles. The summed E-state index contributed by atoms with van der Waals surface area (Å²) < 4.78 is 48.7. The number of aromatic nitrogens is 2. The highest BCUT2D eigenvalue weighted by Crippen LogP contribution is 2.27. The number of hydrogen-bond acceptors (Lipinski definition) is 6. The molecule has 1 aliphatic rings. The van der Waals surface area contributed by atoms with Gasteiger partial charge >= 0.3 is 5.56 Å². The van der Waals surface area contributed by atoms with Crippen molar-refractivity contribution in [2.45, 2.75) is 56.6 Å². The van der Waals surface area contributed by atoms with Gasteiger partial charge in [-0.1, -0.05) is 55.7 Å². The Morgan fingerprint density at radius 3 is 2.37 bits per heavy atom. The van der Waals surface area contributed by atoms with E-state index in [1.807, 2.05) is 36.9 Å². The third-order valence-corrected chi connectivity index (χ3v) is 9.08. The number of alkyl halides is 1. The van der Waals surface area contributed by atoms with Crippen LogP contribution in [0.4, 0.5) is 10.1 Å². The fraction of sp³-hybridized carbons (Fsp3) is 0.467. The van der Waals surface area contributed by atoms with Crippen LogP contribution in [-0.4, -0.2) is 60.2 Å². The fourth-order valence-corrected chi connectivity index (χ4v) is 6.49. The molecule has 0 atom stereocenters. The zero-order chi connectivity index (χ0) is 29.5. The van der Waals surface area contributed by atoms with Crippen molar-refractivity contribution in [1.29, 1.82) is 0 Å². The molecule has 0 spiro atoms. The Hall–Kier alpha value is -2.95. The van der Waals surface area contributed by atoms with Gasteiger partial charge in [-0.25, -0.2) is 12.8 Å². The van der Waals surface area contributed by atoms with E-state index < -0.39 is 21.4 Å². The van der Waals surface area contributed by atoms with Gasteiger partial charge in [-0.2, -0.15) is 14.1 Å². The maximum atomic E-state index is 13.9. The molecule has 11 heteroatoms. The van der Waals surface area contributed by atoms with Crippen molar-refractivity contribution < 1.29 is 17.5 Å². The Bertz CT molecular complexity index is 1450. The fourth-order valence-electron chi connectivity index (χ4n) is 4.84. The molecule has 1 fully saturated rings. The summed E-state index contributed by atoms with van der Waals surface area (Å²) in [6, 6.07) is 14.8. The van der Waals surface area contributed by atoms with Crippen molar-refractivity contribution in [3.05, 3.63) is 82.5 Å². The predicted molar refractivity (Wildman–Crippen MR) is 161 cm³/mol. The van der Waals surface area contributed by atoms with Crippen LogP contribution in [0.5, 0.6) is 5.75 Å². The molecule has 2 heterocycles. The van der Waals surface area contributed by atoms with Gasteiger partial charge in [0, 0.05) is 31.1 Å².